The normalized spacial score (nSPS) is 21.8. The zero-order chi connectivity index (χ0) is 15.7. The zero-order valence-corrected chi connectivity index (χ0v) is 13.6. The SMILES string of the molecule is Cc1ccc2nc(C)cc(C(=O)N[C@H]3CCCC[C@H]3C)c2c1. The van der Waals surface area contributed by atoms with Gasteiger partial charge in [-0.05, 0) is 50.8 Å². The van der Waals surface area contributed by atoms with Gasteiger partial charge in [-0.25, -0.2) is 0 Å². The minimum absolute atomic E-state index is 0.0415. The molecule has 1 aromatic carbocycles. The molecule has 0 spiro atoms. The van der Waals surface area contributed by atoms with Gasteiger partial charge < -0.3 is 5.32 Å². The van der Waals surface area contributed by atoms with Gasteiger partial charge in [-0.1, -0.05) is 31.4 Å². The highest BCUT2D eigenvalue weighted by atomic mass is 16.1. The second-order valence-electron chi connectivity index (χ2n) is 6.67. The first kappa shape index (κ1) is 15.0. The van der Waals surface area contributed by atoms with Gasteiger partial charge in [0, 0.05) is 17.1 Å². The second-order valence-corrected chi connectivity index (χ2v) is 6.67. The van der Waals surface area contributed by atoms with E-state index in [2.05, 4.69) is 23.3 Å². The van der Waals surface area contributed by atoms with Crippen molar-refractivity contribution in [2.45, 2.75) is 52.5 Å². The van der Waals surface area contributed by atoms with Crippen molar-refractivity contribution in [3.63, 3.8) is 0 Å². The quantitative estimate of drug-likeness (QED) is 0.904. The van der Waals surface area contributed by atoms with Gasteiger partial charge in [0.2, 0.25) is 0 Å². The number of nitrogens with one attached hydrogen (secondary N) is 1. The molecule has 0 bridgehead atoms. The summed E-state index contributed by atoms with van der Waals surface area (Å²) in [5.41, 5.74) is 3.69. The summed E-state index contributed by atoms with van der Waals surface area (Å²) in [6.45, 7) is 6.23. The van der Waals surface area contributed by atoms with Gasteiger partial charge in [-0.15, -0.1) is 0 Å². The molecule has 1 aliphatic rings. The predicted octanol–water partition coefficient (Wildman–Crippen LogP) is 4.16. The molecule has 22 heavy (non-hydrogen) atoms. The van der Waals surface area contributed by atoms with Crippen LogP contribution in [0.5, 0.6) is 0 Å². The van der Waals surface area contributed by atoms with Crippen molar-refractivity contribution >= 4 is 16.8 Å². The molecule has 0 unspecified atom stereocenters. The molecule has 1 amide bonds. The molecule has 1 saturated carbocycles. The second kappa shape index (κ2) is 6.07. The highest BCUT2D eigenvalue weighted by Crippen LogP contribution is 2.25. The number of pyridine rings is 1. The first-order valence-corrected chi connectivity index (χ1v) is 8.23. The van der Waals surface area contributed by atoms with Crippen molar-refractivity contribution in [3.05, 3.63) is 41.1 Å². The van der Waals surface area contributed by atoms with Crippen LogP contribution in [0.3, 0.4) is 0 Å². The van der Waals surface area contributed by atoms with Gasteiger partial charge in [0.05, 0.1) is 11.1 Å². The van der Waals surface area contributed by atoms with Gasteiger partial charge in [0.1, 0.15) is 0 Å². The molecule has 2 aromatic rings. The van der Waals surface area contributed by atoms with E-state index < -0.39 is 0 Å². The smallest absolute Gasteiger partial charge is 0.252 e. The van der Waals surface area contributed by atoms with E-state index in [9.17, 15) is 4.79 Å². The summed E-state index contributed by atoms with van der Waals surface area (Å²) in [5, 5.41) is 4.21. The third-order valence-corrected chi connectivity index (χ3v) is 4.76. The first-order valence-electron chi connectivity index (χ1n) is 8.23. The minimum atomic E-state index is 0.0415. The van der Waals surface area contributed by atoms with Crippen LogP contribution >= 0.6 is 0 Å². The molecular formula is C19H24N2O. The van der Waals surface area contributed by atoms with Gasteiger partial charge in [0.15, 0.2) is 0 Å². The van der Waals surface area contributed by atoms with E-state index in [-0.39, 0.29) is 5.91 Å². The fourth-order valence-electron chi connectivity index (χ4n) is 3.44. The number of hydrogen-bond acceptors (Lipinski definition) is 2. The molecule has 1 N–H and O–H groups in total. The van der Waals surface area contributed by atoms with E-state index in [1.807, 2.05) is 32.0 Å². The average Bonchev–Trinajstić information content (AvgIpc) is 2.49. The molecule has 0 saturated heterocycles. The summed E-state index contributed by atoms with van der Waals surface area (Å²) >= 11 is 0. The molecule has 3 heteroatoms. The highest BCUT2D eigenvalue weighted by molar-refractivity contribution is 6.06. The van der Waals surface area contributed by atoms with Crippen LogP contribution in [0, 0.1) is 19.8 Å². The molecule has 0 aliphatic heterocycles. The Hall–Kier alpha value is -1.90. The molecule has 1 aliphatic carbocycles. The van der Waals surface area contributed by atoms with Crippen LogP contribution in [0.15, 0.2) is 24.3 Å². The van der Waals surface area contributed by atoms with Crippen molar-refractivity contribution in [2.75, 3.05) is 0 Å². The lowest BCUT2D eigenvalue weighted by molar-refractivity contribution is 0.0912. The Morgan fingerprint density at radius 1 is 1.18 bits per heavy atom. The van der Waals surface area contributed by atoms with Crippen LogP contribution in [0.2, 0.25) is 0 Å². The summed E-state index contributed by atoms with van der Waals surface area (Å²) in [6, 6.07) is 8.30. The lowest BCUT2D eigenvalue weighted by Gasteiger charge is -2.29. The number of aryl methyl sites for hydroxylation is 2. The third-order valence-electron chi connectivity index (χ3n) is 4.76. The van der Waals surface area contributed by atoms with E-state index in [1.165, 1.54) is 19.3 Å². The fourth-order valence-corrected chi connectivity index (χ4v) is 3.44. The lowest BCUT2D eigenvalue weighted by Crippen LogP contribution is -2.41. The maximum atomic E-state index is 12.8. The van der Waals surface area contributed by atoms with Crippen molar-refractivity contribution < 1.29 is 4.79 Å². The lowest BCUT2D eigenvalue weighted by atomic mass is 9.86. The topological polar surface area (TPSA) is 42.0 Å². The summed E-state index contributed by atoms with van der Waals surface area (Å²) in [6.07, 6.45) is 4.79. The van der Waals surface area contributed by atoms with Crippen molar-refractivity contribution in [1.82, 2.24) is 10.3 Å². The molecule has 3 nitrogen and oxygen atoms in total. The van der Waals surface area contributed by atoms with Crippen molar-refractivity contribution in [1.29, 1.82) is 0 Å². The Balaban J connectivity index is 1.94. The monoisotopic (exact) mass is 296 g/mol. The Bertz CT molecular complexity index is 708. The van der Waals surface area contributed by atoms with E-state index in [0.717, 1.165) is 34.1 Å². The molecule has 1 heterocycles. The van der Waals surface area contributed by atoms with Crippen LogP contribution in [-0.4, -0.2) is 16.9 Å². The number of carbonyl (C=O) groups excluding carboxylic acids is 1. The maximum Gasteiger partial charge on any atom is 0.252 e. The Morgan fingerprint density at radius 2 is 1.95 bits per heavy atom. The van der Waals surface area contributed by atoms with Gasteiger partial charge in [-0.2, -0.15) is 0 Å². The Labute approximate surface area is 132 Å². The van der Waals surface area contributed by atoms with E-state index in [1.54, 1.807) is 0 Å². The van der Waals surface area contributed by atoms with Gasteiger partial charge in [-0.3, -0.25) is 9.78 Å². The number of nitrogens with zero attached hydrogens (tertiary/aromatic N) is 1. The third kappa shape index (κ3) is 2.99. The number of rotatable bonds is 2. The number of fused-ring (bicyclic) bond motifs is 1. The van der Waals surface area contributed by atoms with Crippen LogP contribution in [0.4, 0.5) is 0 Å². The maximum absolute atomic E-state index is 12.8. The number of hydrogen-bond donors (Lipinski definition) is 1. The number of benzene rings is 1. The average molecular weight is 296 g/mol. The van der Waals surface area contributed by atoms with Crippen molar-refractivity contribution in [3.8, 4) is 0 Å². The fraction of sp³-hybridized carbons (Fsp3) is 0.474. The molecular weight excluding hydrogens is 272 g/mol. The predicted molar refractivity (Wildman–Crippen MR) is 90.1 cm³/mol. The largest absolute Gasteiger partial charge is 0.349 e. The van der Waals surface area contributed by atoms with Gasteiger partial charge >= 0.3 is 0 Å². The van der Waals surface area contributed by atoms with E-state index in [4.69, 9.17) is 0 Å². The first-order chi connectivity index (χ1) is 10.5. The summed E-state index contributed by atoms with van der Waals surface area (Å²) in [4.78, 5) is 17.3. The van der Waals surface area contributed by atoms with Gasteiger partial charge in [0.25, 0.3) is 5.91 Å². The molecule has 116 valence electrons. The van der Waals surface area contributed by atoms with Crippen LogP contribution in [0.25, 0.3) is 10.9 Å². The van der Waals surface area contributed by atoms with Crippen LogP contribution in [-0.2, 0) is 0 Å². The van der Waals surface area contributed by atoms with Crippen LogP contribution in [0.1, 0.15) is 54.2 Å². The zero-order valence-electron chi connectivity index (χ0n) is 13.6. The molecule has 0 radical (unpaired) electrons. The molecule has 1 fully saturated rings. The molecule has 3 rings (SSSR count). The Morgan fingerprint density at radius 3 is 2.73 bits per heavy atom. The molecule has 2 atom stereocenters. The summed E-state index contributed by atoms with van der Waals surface area (Å²) in [7, 11) is 0. The molecule has 1 aromatic heterocycles. The number of aromatic nitrogens is 1. The van der Waals surface area contributed by atoms with Crippen LogP contribution < -0.4 is 5.32 Å². The minimum Gasteiger partial charge on any atom is -0.349 e. The summed E-state index contributed by atoms with van der Waals surface area (Å²) in [5.74, 6) is 0.605. The van der Waals surface area contributed by atoms with E-state index in [0.29, 0.717) is 12.0 Å². The standard InChI is InChI=1S/C19H24N2O/c1-12-8-9-18-15(10-12)16(11-14(3)20-18)19(22)21-17-7-5-4-6-13(17)2/h8-11,13,17H,4-7H2,1-3H3,(H,21,22)/t13-,17+/m1/s1. The highest BCUT2D eigenvalue weighted by Gasteiger charge is 2.24. The number of amides is 1. The Kier molecular flexibility index (Phi) is 4.14. The van der Waals surface area contributed by atoms with E-state index >= 15 is 0 Å². The van der Waals surface area contributed by atoms with Crippen molar-refractivity contribution in [2.24, 2.45) is 5.92 Å². The number of carbonyl (C=O) groups is 1. The summed E-state index contributed by atoms with van der Waals surface area (Å²) < 4.78 is 0.